The summed E-state index contributed by atoms with van der Waals surface area (Å²) in [6.07, 6.45) is 0. The maximum absolute atomic E-state index is 4.12. The van der Waals surface area contributed by atoms with Crippen molar-refractivity contribution in [1.29, 1.82) is 0 Å². The molecule has 0 spiro atoms. The van der Waals surface area contributed by atoms with E-state index in [1.165, 1.54) is 26.8 Å². The van der Waals surface area contributed by atoms with Crippen molar-refractivity contribution in [2.75, 3.05) is 0 Å². The van der Waals surface area contributed by atoms with Crippen LogP contribution in [0.25, 0.3) is 10.9 Å². The van der Waals surface area contributed by atoms with E-state index >= 15 is 0 Å². The van der Waals surface area contributed by atoms with Gasteiger partial charge in [0.25, 0.3) is 0 Å². The van der Waals surface area contributed by atoms with Crippen LogP contribution in [-0.2, 0) is 0 Å². The molecule has 0 unspecified atom stereocenters. The average Bonchev–Trinajstić information content (AvgIpc) is 3.06. The van der Waals surface area contributed by atoms with Crippen LogP contribution < -0.4 is 15.9 Å². The zero-order valence-electron chi connectivity index (χ0n) is 22.3. The third kappa shape index (κ3) is 5.00. The molecule has 0 aliphatic rings. The average molecular weight is 530 g/mol. The van der Waals surface area contributed by atoms with Gasteiger partial charge in [0.2, 0.25) is 0 Å². The largest absolute Gasteiger partial charge is 0.159 e. The maximum atomic E-state index is 4.12. The monoisotopic (exact) mass is 529 g/mol. The minimum Gasteiger partial charge on any atom is -0.0641 e. The van der Waals surface area contributed by atoms with Crippen molar-refractivity contribution >= 4 is 34.1 Å². The van der Waals surface area contributed by atoms with Gasteiger partial charge < -0.3 is 0 Å². The molecule has 0 heterocycles. The second kappa shape index (κ2) is 12.0. The van der Waals surface area contributed by atoms with Gasteiger partial charge >= 0.3 is 0 Å². The van der Waals surface area contributed by atoms with Gasteiger partial charge in [0.1, 0.15) is 15.9 Å². The number of benzene rings is 6. The molecular weight excluding hydrogens is 499 g/mol. The lowest BCUT2D eigenvalue weighted by Gasteiger charge is -2.29. The topological polar surface area (TPSA) is 0 Å². The Bertz CT molecular complexity index is 1580. The summed E-state index contributed by atoms with van der Waals surface area (Å²) < 4.78 is 0. The highest BCUT2D eigenvalue weighted by molar-refractivity contribution is 8.03. The van der Waals surface area contributed by atoms with Crippen LogP contribution >= 0.6 is 7.26 Å². The molecule has 40 heavy (non-hydrogen) atoms. The van der Waals surface area contributed by atoms with E-state index in [2.05, 4.69) is 188 Å². The van der Waals surface area contributed by atoms with Crippen molar-refractivity contribution in [3.8, 4) is 0 Å². The SMILES string of the molecule is C(=C(c1ccccc1)c1ccccc1)=C(c1ccccc1)[P+](c1ccccc1)(c1ccccc1)c1ccccc1. The van der Waals surface area contributed by atoms with Gasteiger partial charge in [-0.05, 0) is 47.5 Å². The fourth-order valence-electron chi connectivity index (χ4n) is 5.37. The first-order chi connectivity index (χ1) is 19.9. The molecule has 0 saturated carbocycles. The molecule has 0 nitrogen and oxygen atoms in total. The summed E-state index contributed by atoms with van der Waals surface area (Å²) in [5, 5.41) is 5.12. The summed E-state index contributed by atoms with van der Waals surface area (Å²) in [6.45, 7) is 0. The second-order valence-corrected chi connectivity index (χ2v) is 13.0. The Labute approximate surface area is 238 Å². The molecule has 0 N–H and O–H groups in total. The molecule has 190 valence electrons. The quantitative estimate of drug-likeness (QED) is 0.143. The van der Waals surface area contributed by atoms with Gasteiger partial charge in [-0.25, -0.2) is 0 Å². The van der Waals surface area contributed by atoms with E-state index in [4.69, 9.17) is 0 Å². The highest BCUT2D eigenvalue weighted by atomic mass is 31.2. The first-order valence-corrected chi connectivity index (χ1v) is 15.4. The number of hydrogen-bond acceptors (Lipinski definition) is 0. The van der Waals surface area contributed by atoms with E-state index in [1.54, 1.807) is 0 Å². The minimum atomic E-state index is -2.40. The van der Waals surface area contributed by atoms with Gasteiger partial charge in [-0.3, -0.25) is 0 Å². The number of rotatable bonds is 7. The van der Waals surface area contributed by atoms with E-state index in [1.807, 2.05) is 0 Å². The van der Waals surface area contributed by atoms with Crippen LogP contribution in [0.15, 0.2) is 188 Å². The normalized spacial score (nSPS) is 10.9. The fourth-order valence-corrected chi connectivity index (χ4v) is 9.72. The van der Waals surface area contributed by atoms with Gasteiger partial charge in [-0.1, -0.05) is 151 Å². The van der Waals surface area contributed by atoms with E-state index in [0.717, 1.165) is 16.7 Å². The molecule has 0 fully saturated rings. The first-order valence-electron chi connectivity index (χ1n) is 13.6. The van der Waals surface area contributed by atoms with Crippen LogP contribution in [0.1, 0.15) is 16.7 Å². The molecule has 6 aromatic carbocycles. The zero-order chi connectivity index (χ0) is 27.0. The van der Waals surface area contributed by atoms with E-state index in [9.17, 15) is 0 Å². The Balaban J connectivity index is 1.86. The number of hydrogen-bond donors (Lipinski definition) is 0. The predicted molar refractivity (Wildman–Crippen MR) is 174 cm³/mol. The Morgan fingerprint density at radius 3 is 0.925 bits per heavy atom. The standard InChI is InChI=1S/C39H30P/c1-7-19-32(20-8-1)38(33-21-9-2-10-22-33)31-39(34-23-11-3-12-24-34)40(35-25-13-4-14-26-35,36-27-15-5-16-28-36)37-29-17-6-18-30-37/h1-30H/q+1. The lowest BCUT2D eigenvalue weighted by atomic mass is 9.98. The molecule has 0 aliphatic heterocycles. The molecular formula is C39H30P+. The highest BCUT2D eigenvalue weighted by Gasteiger charge is 2.50. The van der Waals surface area contributed by atoms with Crippen molar-refractivity contribution in [2.24, 2.45) is 0 Å². The fraction of sp³-hybridized carbons (Fsp3) is 0. The van der Waals surface area contributed by atoms with Gasteiger partial charge in [0.15, 0.2) is 12.6 Å². The third-order valence-corrected chi connectivity index (χ3v) is 11.4. The molecule has 0 atom stereocenters. The van der Waals surface area contributed by atoms with Crippen molar-refractivity contribution in [2.45, 2.75) is 0 Å². The van der Waals surface area contributed by atoms with Crippen LogP contribution in [0.4, 0.5) is 0 Å². The predicted octanol–water partition coefficient (Wildman–Crippen LogP) is 8.75. The van der Waals surface area contributed by atoms with Crippen LogP contribution in [-0.4, -0.2) is 0 Å². The van der Waals surface area contributed by atoms with Crippen molar-refractivity contribution in [3.05, 3.63) is 204 Å². The van der Waals surface area contributed by atoms with Crippen LogP contribution in [0.2, 0.25) is 0 Å². The summed E-state index contributed by atoms with van der Waals surface area (Å²) in [5.74, 6) is 0. The summed E-state index contributed by atoms with van der Waals surface area (Å²) in [5.41, 5.74) is 8.68. The Kier molecular flexibility index (Phi) is 7.65. The van der Waals surface area contributed by atoms with Crippen molar-refractivity contribution < 1.29 is 0 Å². The van der Waals surface area contributed by atoms with Gasteiger partial charge in [-0.2, -0.15) is 0 Å². The molecule has 0 aromatic heterocycles. The van der Waals surface area contributed by atoms with Gasteiger partial charge in [-0.15, -0.1) is 0 Å². The van der Waals surface area contributed by atoms with Crippen LogP contribution in [0.5, 0.6) is 0 Å². The van der Waals surface area contributed by atoms with Crippen molar-refractivity contribution in [1.82, 2.24) is 0 Å². The molecule has 6 rings (SSSR count). The Hall–Kier alpha value is -4.73. The summed E-state index contributed by atoms with van der Waals surface area (Å²) in [7, 11) is -2.40. The second-order valence-electron chi connectivity index (χ2n) is 9.62. The summed E-state index contributed by atoms with van der Waals surface area (Å²) in [6, 6.07) is 65.2. The first kappa shape index (κ1) is 25.5. The van der Waals surface area contributed by atoms with E-state index in [0.29, 0.717) is 0 Å². The molecule has 0 amide bonds. The summed E-state index contributed by atoms with van der Waals surface area (Å²) >= 11 is 0. The maximum Gasteiger partial charge on any atom is 0.159 e. The molecule has 0 bridgehead atoms. The van der Waals surface area contributed by atoms with Crippen molar-refractivity contribution in [3.63, 3.8) is 0 Å². The summed E-state index contributed by atoms with van der Waals surface area (Å²) in [4.78, 5) is 0. The lowest BCUT2D eigenvalue weighted by Crippen LogP contribution is -2.31. The zero-order valence-corrected chi connectivity index (χ0v) is 23.2. The molecule has 0 saturated heterocycles. The smallest absolute Gasteiger partial charge is 0.0641 e. The Morgan fingerprint density at radius 2 is 0.600 bits per heavy atom. The third-order valence-electron chi connectivity index (χ3n) is 7.18. The minimum absolute atomic E-state index is 1.09. The van der Waals surface area contributed by atoms with E-state index < -0.39 is 7.26 Å². The Morgan fingerprint density at radius 1 is 0.325 bits per heavy atom. The molecule has 0 aliphatic carbocycles. The molecule has 1 heteroatoms. The van der Waals surface area contributed by atoms with E-state index in [-0.39, 0.29) is 0 Å². The van der Waals surface area contributed by atoms with Crippen LogP contribution in [0, 0.1) is 0 Å². The molecule has 6 aromatic rings. The van der Waals surface area contributed by atoms with Crippen LogP contribution in [0.3, 0.4) is 0 Å². The highest BCUT2D eigenvalue weighted by Crippen LogP contribution is 2.66. The van der Waals surface area contributed by atoms with Gasteiger partial charge in [0, 0.05) is 11.1 Å². The lowest BCUT2D eigenvalue weighted by molar-refractivity contribution is 1.55. The molecule has 0 radical (unpaired) electrons. The van der Waals surface area contributed by atoms with Gasteiger partial charge in [0.05, 0.1) is 0 Å².